The van der Waals surface area contributed by atoms with Gasteiger partial charge in [0.15, 0.2) is 0 Å². The molecule has 0 fully saturated rings. The molecule has 1 aromatic carbocycles. The van der Waals surface area contributed by atoms with Gasteiger partial charge in [0.25, 0.3) is 0 Å². The van der Waals surface area contributed by atoms with Crippen molar-refractivity contribution in [2.45, 2.75) is 12.8 Å². The minimum absolute atomic E-state index is 0.0469. The molecule has 4 nitrogen and oxygen atoms in total. The van der Waals surface area contributed by atoms with Crippen molar-refractivity contribution in [3.05, 3.63) is 53.2 Å². The summed E-state index contributed by atoms with van der Waals surface area (Å²) in [4.78, 5) is 18.1. The van der Waals surface area contributed by atoms with Crippen LogP contribution in [0.4, 0.5) is 11.5 Å². The van der Waals surface area contributed by atoms with Crippen LogP contribution in [-0.4, -0.2) is 25.0 Å². The number of nitrogens with zero attached hydrogens (tertiary/aromatic N) is 2. The van der Waals surface area contributed by atoms with E-state index in [-0.39, 0.29) is 5.91 Å². The normalized spacial score (nSPS) is 10.2. The van der Waals surface area contributed by atoms with Gasteiger partial charge in [-0.05, 0) is 30.2 Å². The zero-order valence-electron chi connectivity index (χ0n) is 12.1. The number of halogens is 1. The van der Waals surface area contributed by atoms with Gasteiger partial charge in [-0.25, -0.2) is 4.98 Å². The molecule has 0 saturated heterocycles. The molecule has 0 radical (unpaired) electrons. The predicted octanol–water partition coefficient (Wildman–Crippen LogP) is 3.37. The second-order valence-electron chi connectivity index (χ2n) is 4.94. The number of anilines is 2. The first-order chi connectivity index (χ1) is 10.1. The SMILES string of the molecule is CN(C)c1ccc(NC(=O)CCc2ccccc2Cl)cn1. The highest BCUT2D eigenvalue weighted by Gasteiger charge is 2.06. The molecule has 0 spiro atoms. The van der Waals surface area contributed by atoms with Crippen LogP contribution >= 0.6 is 11.6 Å². The number of amides is 1. The van der Waals surface area contributed by atoms with E-state index in [1.807, 2.05) is 55.4 Å². The van der Waals surface area contributed by atoms with Crippen molar-refractivity contribution in [1.29, 1.82) is 0 Å². The fourth-order valence-corrected chi connectivity index (χ4v) is 2.13. The van der Waals surface area contributed by atoms with Gasteiger partial charge in [-0.3, -0.25) is 4.79 Å². The first-order valence-corrected chi connectivity index (χ1v) is 7.10. The van der Waals surface area contributed by atoms with Gasteiger partial charge in [-0.15, -0.1) is 0 Å². The summed E-state index contributed by atoms with van der Waals surface area (Å²) in [5, 5.41) is 3.53. The van der Waals surface area contributed by atoms with Crippen molar-refractivity contribution in [1.82, 2.24) is 4.98 Å². The van der Waals surface area contributed by atoms with Gasteiger partial charge in [0.2, 0.25) is 5.91 Å². The summed E-state index contributed by atoms with van der Waals surface area (Å²) in [6, 6.07) is 11.3. The smallest absolute Gasteiger partial charge is 0.224 e. The largest absolute Gasteiger partial charge is 0.363 e. The highest BCUT2D eigenvalue weighted by atomic mass is 35.5. The lowest BCUT2D eigenvalue weighted by Gasteiger charge is -2.11. The van der Waals surface area contributed by atoms with Crippen LogP contribution in [0.1, 0.15) is 12.0 Å². The van der Waals surface area contributed by atoms with E-state index in [0.717, 1.165) is 11.4 Å². The molecule has 0 saturated carbocycles. The number of hydrogen-bond acceptors (Lipinski definition) is 3. The molecular formula is C16H18ClN3O. The number of nitrogens with one attached hydrogen (secondary N) is 1. The molecule has 21 heavy (non-hydrogen) atoms. The molecule has 0 aliphatic heterocycles. The van der Waals surface area contributed by atoms with Crippen molar-refractivity contribution < 1.29 is 4.79 Å². The highest BCUT2D eigenvalue weighted by molar-refractivity contribution is 6.31. The minimum Gasteiger partial charge on any atom is -0.363 e. The molecule has 1 N–H and O–H groups in total. The number of benzene rings is 1. The average Bonchev–Trinajstić information content (AvgIpc) is 2.47. The lowest BCUT2D eigenvalue weighted by Crippen LogP contribution is -2.14. The van der Waals surface area contributed by atoms with Crippen LogP contribution in [-0.2, 0) is 11.2 Å². The van der Waals surface area contributed by atoms with Crippen molar-refractivity contribution in [2.75, 3.05) is 24.3 Å². The van der Waals surface area contributed by atoms with Crippen LogP contribution in [0.25, 0.3) is 0 Å². The molecule has 0 unspecified atom stereocenters. The summed E-state index contributed by atoms with van der Waals surface area (Å²) >= 11 is 6.07. The maximum absolute atomic E-state index is 11.9. The average molecular weight is 304 g/mol. The summed E-state index contributed by atoms with van der Waals surface area (Å²) < 4.78 is 0. The molecule has 2 aromatic rings. The van der Waals surface area contributed by atoms with Crippen LogP contribution in [0.2, 0.25) is 5.02 Å². The molecular weight excluding hydrogens is 286 g/mol. The van der Waals surface area contributed by atoms with Gasteiger partial charge < -0.3 is 10.2 Å². The molecule has 0 aliphatic carbocycles. The van der Waals surface area contributed by atoms with Gasteiger partial charge >= 0.3 is 0 Å². The van der Waals surface area contributed by atoms with Crippen LogP contribution in [0.3, 0.4) is 0 Å². The monoisotopic (exact) mass is 303 g/mol. The maximum atomic E-state index is 11.9. The Morgan fingerprint density at radius 1 is 1.24 bits per heavy atom. The number of rotatable bonds is 5. The lowest BCUT2D eigenvalue weighted by molar-refractivity contribution is -0.116. The molecule has 2 rings (SSSR count). The third kappa shape index (κ3) is 4.46. The van der Waals surface area contributed by atoms with E-state index in [9.17, 15) is 4.79 Å². The van der Waals surface area contributed by atoms with Crippen molar-refractivity contribution in [3.63, 3.8) is 0 Å². The van der Waals surface area contributed by atoms with Crippen molar-refractivity contribution in [2.24, 2.45) is 0 Å². The number of pyridine rings is 1. The van der Waals surface area contributed by atoms with Crippen molar-refractivity contribution in [3.8, 4) is 0 Å². The molecule has 110 valence electrons. The summed E-state index contributed by atoms with van der Waals surface area (Å²) in [6.07, 6.45) is 2.66. The first kappa shape index (κ1) is 15.3. The zero-order valence-corrected chi connectivity index (χ0v) is 12.9. The van der Waals surface area contributed by atoms with Gasteiger partial charge in [-0.2, -0.15) is 0 Å². The van der Waals surface area contributed by atoms with E-state index in [4.69, 9.17) is 11.6 Å². The van der Waals surface area contributed by atoms with Crippen LogP contribution in [0, 0.1) is 0 Å². The topological polar surface area (TPSA) is 45.2 Å². The Bertz CT molecular complexity index is 611. The van der Waals surface area contributed by atoms with E-state index < -0.39 is 0 Å². The molecule has 1 amide bonds. The second-order valence-corrected chi connectivity index (χ2v) is 5.35. The van der Waals surface area contributed by atoms with Gasteiger partial charge in [0.05, 0.1) is 11.9 Å². The Balaban J connectivity index is 1.88. The molecule has 1 aromatic heterocycles. The van der Waals surface area contributed by atoms with E-state index in [0.29, 0.717) is 23.6 Å². The third-order valence-corrected chi connectivity index (χ3v) is 3.44. The quantitative estimate of drug-likeness (QED) is 0.921. The molecule has 5 heteroatoms. The van der Waals surface area contributed by atoms with Crippen LogP contribution in [0.15, 0.2) is 42.6 Å². The van der Waals surface area contributed by atoms with Gasteiger partial charge in [0.1, 0.15) is 5.82 Å². The predicted molar refractivity (Wildman–Crippen MR) is 87.0 cm³/mol. The molecule has 0 bridgehead atoms. The summed E-state index contributed by atoms with van der Waals surface area (Å²) in [5.74, 6) is 0.804. The van der Waals surface area contributed by atoms with E-state index in [1.165, 1.54) is 0 Å². The Kier molecular flexibility index (Phi) is 5.17. The summed E-state index contributed by atoms with van der Waals surface area (Å²) in [6.45, 7) is 0. The van der Waals surface area contributed by atoms with Gasteiger partial charge in [-0.1, -0.05) is 29.8 Å². The Morgan fingerprint density at radius 2 is 2.00 bits per heavy atom. The molecule has 0 aliphatic rings. The van der Waals surface area contributed by atoms with E-state index >= 15 is 0 Å². The number of carbonyl (C=O) groups excluding carboxylic acids is 1. The highest BCUT2D eigenvalue weighted by Crippen LogP contribution is 2.17. The number of carbonyl (C=O) groups is 1. The minimum atomic E-state index is -0.0469. The van der Waals surface area contributed by atoms with E-state index in [2.05, 4.69) is 10.3 Å². The third-order valence-electron chi connectivity index (χ3n) is 3.07. The number of aromatic nitrogens is 1. The molecule has 0 atom stereocenters. The number of aryl methyl sites for hydroxylation is 1. The standard InChI is InChI=1S/C16H18ClN3O/c1-20(2)15-9-8-13(11-18-15)19-16(21)10-7-12-5-3-4-6-14(12)17/h3-6,8-9,11H,7,10H2,1-2H3,(H,19,21). The van der Waals surface area contributed by atoms with Gasteiger partial charge in [0, 0.05) is 25.5 Å². The Hall–Kier alpha value is -2.07. The maximum Gasteiger partial charge on any atom is 0.224 e. The van der Waals surface area contributed by atoms with Crippen LogP contribution in [0.5, 0.6) is 0 Å². The van der Waals surface area contributed by atoms with E-state index in [1.54, 1.807) is 6.20 Å². The Labute approximate surface area is 129 Å². The summed E-state index contributed by atoms with van der Waals surface area (Å²) in [5.41, 5.74) is 1.68. The molecule has 1 heterocycles. The van der Waals surface area contributed by atoms with Crippen LogP contribution < -0.4 is 10.2 Å². The zero-order chi connectivity index (χ0) is 15.2. The first-order valence-electron chi connectivity index (χ1n) is 6.73. The summed E-state index contributed by atoms with van der Waals surface area (Å²) in [7, 11) is 3.84. The fourth-order valence-electron chi connectivity index (χ4n) is 1.90. The Morgan fingerprint density at radius 3 is 2.62 bits per heavy atom. The fraction of sp³-hybridized carbons (Fsp3) is 0.250. The number of hydrogen-bond donors (Lipinski definition) is 1. The van der Waals surface area contributed by atoms with Crippen molar-refractivity contribution >= 4 is 29.0 Å². The second kappa shape index (κ2) is 7.09. The lowest BCUT2D eigenvalue weighted by atomic mass is 10.1.